The smallest absolute Gasteiger partial charge is 0.222 e. The third kappa shape index (κ3) is 4.82. The van der Waals surface area contributed by atoms with Crippen LogP contribution in [0.4, 0.5) is 0 Å². The van der Waals surface area contributed by atoms with E-state index in [-0.39, 0.29) is 23.3 Å². The van der Waals surface area contributed by atoms with E-state index in [1.807, 2.05) is 22.9 Å². The minimum Gasteiger partial charge on any atom is -0.376 e. The molecule has 3 fully saturated rings. The van der Waals surface area contributed by atoms with Crippen molar-refractivity contribution < 1.29 is 14.3 Å². The van der Waals surface area contributed by atoms with Crippen molar-refractivity contribution in [1.82, 2.24) is 19.4 Å². The first kappa shape index (κ1) is 20.4. The number of nitrogens with zero attached hydrogens (tertiary/aromatic N) is 4. The lowest BCUT2D eigenvalue weighted by Gasteiger charge is -2.47. The summed E-state index contributed by atoms with van der Waals surface area (Å²) in [7, 11) is 0. The van der Waals surface area contributed by atoms with E-state index in [0.29, 0.717) is 12.8 Å². The van der Waals surface area contributed by atoms with Gasteiger partial charge in [-0.25, -0.2) is 4.98 Å². The summed E-state index contributed by atoms with van der Waals surface area (Å²) in [5.74, 6) is 1.54. The highest BCUT2D eigenvalue weighted by atomic mass is 16.5. The van der Waals surface area contributed by atoms with Crippen LogP contribution in [0.15, 0.2) is 12.4 Å². The van der Waals surface area contributed by atoms with Crippen molar-refractivity contribution >= 4 is 11.8 Å². The molecule has 3 saturated heterocycles. The second-order valence-electron chi connectivity index (χ2n) is 9.06. The van der Waals surface area contributed by atoms with Gasteiger partial charge in [-0.1, -0.05) is 0 Å². The molecule has 1 aromatic rings. The van der Waals surface area contributed by atoms with Crippen LogP contribution in [0.3, 0.4) is 0 Å². The molecule has 2 amide bonds. The van der Waals surface area contributed by atoms with E-state index in [2.05, 4.69) is 9.55 Å². The van der Waals surface area contributed by atoms with Crippen LogP contribution in [0.1, 0.15) is 57.2 Å². The molecule has 0 aliphatic carbocycles. The van der Waals surface area contributed by atoms with Crippen molar-refractivity contribution in [3.05, 3.63) is 18.2 Å². The van der Waals surface area contributed by atoms with Crippen molar-refractivity contribution in [3.63, 3.8) is 0 Å². The molecule has 3 aliphatic heterocycles. The van der Waals surface area contributed by atoms with Crippen molar-refractivity contribution in [2.45, 2.75) is 70.9 Å². The summed E-state index contributed by atoms with van der Waals surface area (Å²) < 4.78 is 7.84. The minimum absolute atomic E-state index is 0.192. The molecular weight excluding hydrogens is 368 g/mol. The lowest BCUT2D eigenvalue weighted by atomic mass is 9.72. The van der Waals surface area contributed by atoms with Crippen LogP contribution in [0, 0.1) is 12.3 Å². The number of amides is 2. The zero-order valence-electron chi connectivity index (χ0n) is 17.6. The maximum Gasteiger partial charge on any atom is 0.222 e. The molecule has 1 spiro atoms. The Bertz CT molecular complexity index is 717. The number of likely N-dealkylation sites (tertiary alicyclic amines) is 2. The third-order valence-corrected chi connectivity index (χ3v) is 7.09. The second kappa shape index (κ2) is 8.86. The molecule has 0 aromatic carbocycles. The predicted molar refractivity (Wildman–Crippen MR) is 109 cm³/mol. The summed E-state index contributed by atoms with van der Waals surface area (Å²) in [5, 5.41) is 0. The molecular formula is C22H34N4O3. The number of ether oxygens (including phenoxy) is 1. The third-order valence-electron chi connectivity index (χ3n) is 7.09. The van der Waals surface area contributed by atoms with Gasteiger partial charge in [-0.3, -0.25) is 9.59 Å². The molecule has 4 rings (SSSR count). The minimum atomic E-state index is 0.192. The first-order valence-corrected chi connectivity index (χ1v) is 11.2. The lowest BCUT2D eigenvalue weighted by Crippen LogP contribution is -2.53. The van der Waals surface area contributed by atoms with Crippen molar-refractivity contribution in [1.29, 1.82) is 0 Å². The molecule has 1 aromatic heterocycles. The first-order chi connectivity index (χ1) is 14.0. The van der Waals surface area contributed by atoms with Gasteiger partial charge in [0.2, 0.25) is 11.8 Å². The van der Waals surface area contributed by atoms with E-state index in [9.17, 15) is 9.59 Å². The maximum absolute atomic E-state index is 12.6. The average Bonchev–Trinajstić information content (AvgIpc) is 3.37. The summed E-state index contributed by atoms with van der Waals surface area (Å²) in [4.78, 5) is 33.4. The van der Waals surface area contributed by atoms with Gasteiger partial charge < -0.3 is 19.1 Å². The number of aryl methyl sites for hydroxylation is 2. The van der Waals surface area contributed by atoms with Crippen LogP contribution in [-0.4, -0.2) is 70.1 Å². The Hall–Kier alpha value is -1.89. The average molecular weight is 403 g/mol. The molecule has 29 heavy (non-hydrogen) atoms. The normalized spacial score (nSPS) is 24.4. The van der Waals surface area contributed by atoms with Crippen molar-refractivity contribution in [2.24, 2.45) is 5.41 Å². The van der Waals surface area contributed by atoms with Crippen LogP contribution in [0.25, 0.3) is 0 Å². The molecule has 0 unspecified atom stereocenters. The topological polar surface area (TPSA) is 67.7 Å². The second-order valence-corrected chi connectivity index (χ2v) is 9.06. The fourth-order valence-corrected chi connectivity index (χ4v) is 5.14. The molecule has 0 radical (unpaired) electrons. The zero-order valence-corrected chi connectivity index (χ0v) is 17.6. The monoisotopic (exact) mass is 402 g/mol. The molecule has 3 aliphatic rings. The number of aromatic nitrogens is 2. The quantitative estimate of drug-likeness (QED) is 0.733. The SMILES string of the molecule is Cc1nccn1CCCC(=O)N1CCC2(CCC(=O)N(C[C@@H]3CCCO3)C2)CC1. The van der Waals surface area contributed by atoms with Crippen molar-refractivity contribution in [2.75, 3.05) is 32.8 Å². The van der Waals surface area contributed by atoms with Crippen LogP contribution >= 0.6 is 0 Å². The summed E-state index contributed by atoms with van der Waals surface area (Å²) >= 11 is 0. The highest BCUT2D eigenvalue weighted by Crippen LogP contribution is 2.40. The highest BCUT2D eigenvalue weighted by Gasteiger charge is 2.42. The summed E-state index contributed by atoms with van der Waals surface area (Å²) in [6, 6.07) is 0. The number of imidazole rings is 1. The predicted octanol–water partition coefficient (Wildman–Crippen LogP) is 2.38. The highest BCUT2D eigenvalue weighted by molar-refractivity contribution is 5.77. The Kier molecular flexibility index (Phi) is 6.23. The number of hydrogen-bond donors (Lipinski definition) is 0. The van der Waals surface area contributed by atoms with Crippen LogP contribution in [0.5, 0.6) is 0 Å². The van der Waals surface area contributed by atoms with E-state index >= 15 is 0 Å². The van der Waals surface area contributed by atoms with Gasteiger partial charge in [0.25, 0.3) is 0 Å². The molecule has 1 atom stereocenters. The fourth-order valence-electron chi connectivity index (χ4n) is 5.14. The van der Waals surface area contributed by atoms with E-state index in [0.717, 1.165) is 83.7 Å². The van der Waals surface area contributed by atoms with Gasteiger partial charge in [0.15, 0.2) is 0 Å². The Morgan fingerprint density at radius 1 is 1.31 bits per heavy atom. The maximum atomic E-state index is 12.6. The summed E-state index contributed by atoms with van der Waals surface area (Å²) in [6.45, 7) is 6.90. The van der Waals surface area contributed by atoms with Gasteiger partial charge in [-0.05, 0) is 50.9 Å². The zero-order chi connectivity index (χ0) is 20.3. The summed E-state index contributed by atoms with van der Waals surface area (Å²) in [5.41, 5.74) is 0.192. The molecule has 7 heteroatoms. The van der Waals surface area contributed by atoms with Gasteiger partial charge >= 0.3 is 0 Å². The number of carbonyl (C=O) groups is 2. The standard InChI is InChI=1S/C22H34N4O3/c1-18-23-10-14-24(18)11-2-5-20(27)25-12-8-22(9-13-25)7-6-21(28)26(17-22)16-19-4-3-15-29-19/h10,14,19H,2-9,11-13,15-17H2,1H3/t19-/m0/s1. The van der Waals surface area contributed by atoms with Gasteiger partial charge in [0.05, 0.1) is 6.10 Å². The first-order valence-electron chi connectivity index (χ1n) is 11.2. The molecule has 4 heterocycles. The molecule has 7 nitrogen and oxygen atoms in total. The number of hydrogen-bond acceptors (Lipinski definition) is 4. The fraction of sp³-hybridized carbons (Fsp3) is 0.773. The molecule has 0 bridgehead atoms. The van der Waals surface area contributed by atoms with E-state index in [4.69, 9.17) is 4.74 Å². The number of rotatable bonds is 6. The molecule has 0 saturated carbocycles. The largest absolute Gasteiger partial charge is 0.376 e. The Balaban J connectivity index is 1.24. The van der Waals surface area contributed by atoms with Crippen LogP contribution < -0.4 is 0 Å². The molecule has 160 valence electrons. The van der Waals surface area contributed by atoms with Crippen LogP contribution in [-0.2, 0) is 20.9 Å². The Morgan fingerprint density at radius 3 is 2.83 bits per heavy atom. The Morgan fingerprint density at radius 2 is 2.14 bits per heavy atom. The number of carbonyl (C=O) groups excluding carboxylic acids is 2. The van der Waals surface area contributed by atoms with E-state index in [1.165, 1.54) is 0 Å². The van der Waals surface area contributed by atoms with Gasteiger partial charge in [0.1, 0.15) is 5.82 Å². The van der Waals surface area contributed by atoms with Crippen molar-refractivity contribution in [3.8, 4) is 0 Å². The van der Waals surface area contributed by atoms with Gasteiger partial charge in [0, 0.05) is 64.6 Å². The van der Waals surface area contributed by atoms with E-state index < -0.39 is 0 Å². The van der Waals surface area contributed by atoms with Gasteiger partial charge in [-0.15, -0.1) is 0 Å². The molecule has 0 N–H and O–H groups in total. The Labute approximate surface area is 173 Å². The number of piperidine rings is 2. The summed E-state index contributed by atoms with van der Waals surface area (Å²) in [6.07, 6.45) is 11.2. The lowest BCUT2D eigenvalue weighted by molar-refractivity contribution is -0.144. The van der Waals surface area contributed by atoms with E-state index in [1.54, 1.807) is 6.20 Å². The van der Waals surface area contributed by atoms with Gasteiger partial charge in [-0.2, -0.15) is 0 Å². The van der Waals surface area contributed by atoms with Crippen LogP contribution in [0.2, 0.25) is 0 Å².